The highest BCUT2D eigenvalue weighted by atomic mass is 35.5. The van der Waals surface area contributed by atoms with Crippen LogP contribution in [0.15, 0.2) is 11.0 Å². The van der Waals surface area contributed by atoms with Crippen molar-refractivity contribution >= 4 is 17.3 Å². The number of nitrogens with zero attached hydrogens (tertiary/aromatic N) is 2. The minimum Gasteiger partial charge on any atom is -0.379 e. The van der Waals surface area contributed by atoms with E-state index >= 15 is 0 Å². The number of methoxy groups -OCH3 is 1. The van der Waals surface area contributed by atoms with Crippen LogP contribution in [0.25, 0.3) is 0 Å². The van der Waals surface area contributed by atoms with Crippen LogP contribution in [-0.4, -0.2) is 29.0 Å². The molecule has 0 aliphatic heterocycles. The van der Waals surface area contributed by atoms with Gasteiger partial charge in [-0.2, -0.15) is 5.10 Å². The summed E-state index contributed by atoms with van der Waals surface area (Å²) in [7, 11) is 1.72. The number of ether oxygens (including phenoxy) is 1. The third kappa shape index (κ3) is 2.92. The highest BCUT2D eigenvalue weighted by Crippen LogP contribution is 2.35. The van der Waals surface area contributed by atoms with E-state index in [0.717, 1.165) is 19.3 Å². The van der Waals surface area contributed by atoms with Gasteiger partial charge in [0.2, 0.25) is 0 Å². The van der Waals surface area contributed by atoms with Gasteiger partial charge in [0.1, 0.15) is 5.02 Å². The maximum atomic E-state index is 12.0. The third-order valence-corrected chi connectivity index (χ3v) is 4.08. The maximum absolute atomic E-state index is 12.0. The van der Waals surface area contributed by atoms with Gasteiger partial charge in [-0.05, 0) is 25.7 Å². The zero-order valence-electron chi connectivity index (χ0n) is 11.4. The fourth-order valence-corrected chi connectivity index (χ4v) is 2.45. The largest absolute Gasteiger partial charge is 0.379 e. The lowest BCUT2D eigenvalue weighted by Crippen LogP contribution is -2.45. The molecule has 1 N–H and O–H groups in total. The molecule has 0 unspecified atom stereocenters. The first kappa shape index (κ1) is 14.3. The Kier molecular flexibility index (Phi) is 4.47. The van der Waals surface area contributed by atoms with Crippen molar-refractivity contribution in [2.24, 2.45) is 0 Å². The second-order valence-electron chi connectivity index (χ2n) is 4.99. The van der Waals surface area contributed by atoms with E-state index in [1.165, 1.54) is 11.1 Å². The lowest BCUT2D eigenvalue weighted by atomic mass is 9.80. The normalized spacial score (nSPS) is 17.0. The number of aromatic nitrogens is 2. The first-order valence-corrected chi connectivity index (χ1v) is 7.04. The van der Waals surface area contributed by atoms with Crippen molar-refractivity contribution in [3.63, 3.8) is 0 Å². The molecule has 0 atom stereocenters. The lowest BCUT2D eigenvalue weighted by molar-refractivity contribution is -0.0601. The minimum absolute atomic E-state index is 0.110. The van der Waals surface area contributed by atoms with Crippen LogP contribution in [0.5, 0.6) is 0 Å². The van der Waals surface area contributed by atoms with Crippen molar-refractivity contribution in [3.8, 4) is 0 Å². The first-order chi connectivity index (χ1) is 9.12. The molecule has 1 fully saturated rings. The second kappa shape index (κ2) is 5.92. The van der Waals surface area contributed by atoms with Crippen LogP contribution >= 0.6 is 11.6 Å². The molecule has 5 nitrogen and oxygen atoms in total. The smallest absolute Gasteiger partial charge is 0.287 e. The third-order valence-electron chi connectivity index (χ3n) is 3.72. The molecule has 1 saturated carbocycles. The highest BCUT2D eigenvalue weighted by Gasteiger charge is 2.36. The van der Waals surface area contributed by atoms with E-state index in [0.29, 0.717) is 18.8 Å². The average molecular weight is 286 g/mol. The van der Waals surface area contributed by atoms with Crippen molar-refractivity contribution in [3.05, 3.63) is 21.6 Å². The maximum Gasteiger partial charge on any atom is 0.287 e. The summed E-state index contributed by atoms with van der Waals surface area (Å²) in [5, 5.41) is 7.50. The Bertz CT molecular complexity index is 492. The van der Waals surface area contributed by atoms with Gasteiger partial charge in [-0.3, -0.25) is 4.79 Å². The molecule has 0 bridgehead atoms. The zero-order valence-corrected chi connectivity index (χ0v) is 12.2. The summed E-state index contributed by atoms with van der Waals surface area (Å²) in [6, 6.07) is 0. The van der Waals surface area contributed by atoms with Gasteiger partial charge in [0.25, 0.3) is 5.56 Å². The van der Waals surface area contributed by atoms with Crippen LogP contribution in [0.1, 0.15) is 32.6 Å². The quantitative estimate of drug-likeness (QED) is 0.871. The molecule has 0 saturated heterocycles. The number of rotatable bonds is 6. The second-order valence-corrected chi connectivity index (χ2v) is 5.37. The first-order valence-electron chi connectivity index (χ1n) is 6.66. The predicted octanol–water partition coefficient (Wildman–Crippen LogP) is 2.29. The molecule has 0 spiro atoms. The number of hydrogen-bond donors (Lipinski definition) is 1. The Balaban J connectivity index is 2.09. The molecule has 2 rings (SSSR count). The number of anilines is 1. The topological polar surface area (TPSA) is 56.1 Å². The molecule has 0 radical (unpaired) electrons. The van der Waals surface area contributed by atoms with E-state index in [2.05, 4.69) is 10.4 Å². The van der Waals surface area contributed by atoms with Crippen molar-refractivity contribution in [2.45, 2.75) is 44.8 Å². The molecular weight excluding hydrogens is 266 g/mol. The fraction of sp³-hybridized carbons (Fsp3) is 0.692. The van der Waals surface area contributed by atoms with Crippen LogP contribution in [0.4, 0.5) is 5.69 Å². The van der Waals surface area contributed by atoms with Crippen molar-refractivity contribution < 1.29 is 4.74 Å². The molecule has 1 aromatic rings. The molecule has 1 aliphatic rings. The van der Waals surface area contributed by atoms with E-state index in [1.807, 2.05) is 6.92 Å². The Morgan fingerprint density at radius 3 is 2.84 bits per heavy atom. The van der Waals surface area contributed by atoms with Gasteiger partial charge in [0.05, 0.1) is 17.5 Å². The molecule has 0 aromatic carbocycles. The summed E-state index contributed by atoms with van der Waals surface area (Å²) in [5.74, 6) is 0. The van der Waals surface area contributed by atoms with E-state index < -0.39 is 0 Å². The van der Waals surface area contributed by atoms with Gasteiger partial charge in [-0.25, -0.2) is 4.68 Å². The monoisotopic (exact) mass is 285 g/mol. The summed E-state index contributed by atoms with van der Waals surface area (Å²) >= 11 is 6.09. The van der Waals surface area contributed by atoms with Crippen LogP contribution in [-0.2, 0) is 11.3 Å². The molecule has 1 aromatic heterocycles. The molecule has 19 heavy (non-hydrogen) atoms. The van der Waals surface area contributed by atoms with E-state index in [-0.39, 0.29) is 16.2 Å². The van der Waals surface area contributed by atoms with Crippen LogP contribution in [0.3, 0.4) is 0 Å². The number of halogens is 1. The zero-order chi connectivity index (χ0) is 13.9. The van der Waals surface area contributed by atoms with E-state index in [1.54, 1.807) is 13.3 Å². The number of aryl methyl sites for hydroxylation is 1. The average Bonchev–Trinajstić information content (AvgIpc) is 2.37. The number of nitrogens with one attached hydrogen (secondary N) is 1. The molecule has 6 heteroatoms. The Morgan fingerprint density at radius 2 is 2.32 bits per heavy atom. The van der Waals surface area contributed by atoms with E-state index in [9.17, 15) is 4.79 Å². The van der Waals surface area contributed by atoms with Crippen LogP contribution in [0.2, 0.25) is 5.02 Å². The molecule has 1 heterocycles. The van der Waals surface area contributed by atoms with Gasteiger partial charge in [-0.15, -0.1) is 0 Å². The Morgan fingerprint density at radius 1 is 1.58 bits per heavy atom. The highest BCUT2D eigenvalue weighted by molar-refractivity contribution is 6.32. The summed E-state index contributed by atoms with van der Waals surface area (Å²) in [6.07, 6.45) is 5.71. The van der Waals surface area contributed by atoms with Gasteiger partial charge in [0.15, 0.2) is 0 Å². The fourth-order valence-electron chi connectivity index (χ4n) is 2.24. The summed E-state index contributed by atoms with van der Waals surface area (Å²) < 4.78 is 6.91. The van der Waals surface area contributed by atoms with Gasteiger partial charge in [-0.1, -0.05) is 18.5 Å². The molecule has 0 amide bonds. The lowest BCUT2D eigenvalue weighted by Gasteiger charge is -2.40. The number of hydrogen-bond acceptors (Lipinski definition) is 4. The van der Waals surface area contributed by atoms with E-state index in [4.69, 9.17) is 16.3 Å². The van der Waals surface area contributed by atoms with Gasteiger partial charge < -0.3 is 10.1 Å². The Hall–Kier alpha value is -1.07. The van der Waals surface area contributed by atoms with Gasteiger partial charge in [0, 0.05) is 20.2 Å². The predicted molar refractivity (Wildman–Crippen MR) is 75.9 cm³/mol. The molecular formula is C13H20ClN3O2. The Labute approximate surface area is 117 Å². The standard InChI is InChI=1S/C13H20ClN3O2/c1-3-7-17-12(18)11(14)10(8-16-17)15-9-13(19-2)5-4-6-13/h8,15H,3-7,9H2,1-2H3. The van der Waals surface area contributed by atoms with Crippen molar-refractivity contribution in [1.29, 1.82) is 0 Å². The minimum atomic E-state index is -0.242. The summed E-state index contributed by atoms with van der Waals surface area (Å²) in [6.45, 7) is 3.23. The van der Waals surface area contributed by atoms with Crippen LogP contribution in [0, 0.1) is 0 Å². The van der Waals surface area contributed by atoms with Crippen LogP contribution < -0.4 is 10.9 Å². The van der Waals surface area contributed by atoms with Crippen molar-refractivity contribution in [1.82, 2.24) is 9.78 Å². The SMILES string of the molecule is CCCn1ncc(NCC2(OC)CCC2)c(Cl)c1=O. The summed E-state index contributed by atoms with van der Waals surface area (Å²) in [5.41, 5.74) is 0.234. The van der Waals surface area contributed by atoms with Gasteiger partial charge >= 0.3 is 0 Å². The van der Waals surface area contributed by atoms with Crippen molar-refractivity contribution in [2.75, 3.05) is 19.0 Å². The molecule has 106 valence electrons. The summed E-state index contributed by atoms with van der Waals surface area (Å²) in [4.78, 5) is 12.0. The molecule has 1 aliphatic carbocycles.